The Bertz CT molecular complexity index is 765. The molecule has 3 rings (SSSR count). The molecular formula is C21H31N3O3S. The maximum atomic E-state index is 12.6. The van der Waals surface area contributed by atoms with Crippen LogP contribution in [-0.4, -0.2) is 48.8 Å². The summed E-state index contributed by atoms with van der Waals surface area (Å²) in [7, 11) is 1.58. The minimum absolute atomic E-state index is 0.0699. The largest absolute Gasteiger partial charge is 0.357 e. The van der Waals surface area contributed by atoms with E-state index < -0.39 is 6.04 Å². The fourth-order valence-electron chi connectivity index (χ4n) is 4.22. The van der Waals surface area contributed by atoms with Gasteiger partial charge in [0.1, 0.15) is 6.04 Å². The van der Waals surface area contributed by atoms with E-state index in [-0.39, 0.29) is 29.7 Å². The van der Waals surface area contributed by atoms with Gasteiger partial charge in [-0.1, -0.05) is 20.8 Å². The second kappa shape index (κ2) is 8.23. The highest BCUT2D eigenvalue weighted by Gasteiger charge is 2.34. The zero-order valence-corrected chi connectivity index (χ0v) is 18.1. The van der Waals surface area contributed by atoms with Gasteiger partial charge in [0.05, 0.1) is 11.4 Å². The molecule has 2 atom stereocenters. The molecule has 2 N–H and O–H groups in total. The van der Waals surface area contributed by atoms with E-state index in [1.165, 1.54) is 10.4 Å². The van der Waals surface area contributed by atoms with Crippen molar-refractivity contribution in [3.8, 4) is 0 Å². The van der Waals surface area contributed by atoms with Crippen LogP contribution in [0, 0.1) is 11.3 Å². The molecule has 154 valence electrons. The van der Waals surface area contributed by atoms with Gasteiger partial charge in [-0.15, -0.1) is 11.3 Å². The third-order valence-electron chi connectivity index (χ3n) is 6.05. The van der Waals surface area contributed by atoms with Crippen molar-refractivity contribution in [1.29, 1.82) is 0 Å². The maximum Gasteiger partial charge on any atom is 0.261 e. The summed E-state index contributed by atoms with van der Waals surface area (Å²) < 4.78 is 0. The van der Waals surface area contributed by atoms with Crippen LogP contribution >= 0.6 is 11.3 Å². The molecular weight excluding hydrogens is 374 g/mol. The molecule has 0 radical (unpaired) electrons. The summed E-state index contributed by atoms with van der Waals surface area (Å²) in [5, 5.41) is 5.36. The first-order valence-corrected chi connectivity index (χ1v) is 10.9. The average molecular weight is 406 g/mol. The van der Waals surface area contributed by atoms with Crippen molar-refractivity contribution >= 4 is 29.1 Å². The van der Waals surface area contributed by atoms with Gasteiger partial charge in [-0.05, 0) is 55.1 Å². The van der Waals surface area contributed by atoms with E-state index in [1.807, 2.05) is 6.07 Å². The molecule has 1 fully saturated rings. The molecule has 3 amide bonds. The number of carbonyl (C=O) groups is 3. The van der Waals surface area contributed by atoms with Crippen LogP contribution in [0.25, 0.3) is 0 Å². The molecule has 1 aliphatic heterocycles. The number of hydrogen-bond acceptors (Lipinski definition) is 4. The van der Waals surface area contributed by atoms with E-state index in [2.05, 4.69) is 31.4 Å². The number of nitrogens with one attached hydrogen (secondary N) is 2. The molecule has 1 aromatic heterocycles. The van der Waals surface area contributed by atoms with Crippen molar-refractivity contribution in [1.82, 2.24) is 15.5 Å². The predicted molar refractivity (Wildman–Crippen MR) is 110 cm³/mol. The van der Waals surface area contributed by atoms with E-state index in [4.69, 9.17) is 0 Å². The van der Waals surface area contributed by atoms with Gasteiger partial charge < -0.3 is 15.5 Å². The fourth-order valence-corrected chi connectivity index (χ4v) is 5.35. The summed E-state index contributed by atoms with van der Waals surface area (Å²) in [5.41, 5.74) is 1.55. The van der Waals surface area contributed by atoms with E-state index in [9.17, 15) is 14.4 Å². The van der Waals surface area contributed by atoms with Gasteiger partial charge in [-0.25, -0.2) is 0 Å². The number of carbonyl (C=O) groups excluding carboxylic acids is 3. The molecule has 7 heteroatoms. The van der Waals surface area contributed by atoms with Gasteiger partial charge in [0, 0.05) is 18.5 Å². The zero-order valence-electron chi connectivity index (χ0n) is 17.3. The van der Waals surface area contributed by atoms with Crippen molar-refractivity contribution < 1.29 is 14.4 Å². The summed E-state index contributed by atoms with van der Waals surface area (Å²) in [6.07, 6.45) is 4.68. The lowest BCUT2D eigenvalue weighted by molar-refractivity contribution is -0.137. The first-order valence-electron chi connectivity index (χ1n) is 10.1. The second-order valence-electron chi connectivity index (χ2n) is 8.91. The number of hydrogen-bond donors (Lipinski definition) is 2. The smallest absolute Gasteiger partial charge is 0.261 e. The van der Waals surface area contributed by atoms with Gasteiger partial charge in [-0.3, -0.25) is 14.4 Å². The van der Waals surface area contributed by atoms with Crippen LogP contribution in [0.5, 0.6) is 0 Å². The highest BCUT2D eigenvalue weighted by atomic mass is 32.1. The fraction of sp³-hybridized carbons (Fsp3) is 0.667. The predicted octanol–water partition coefficient (Wildman–Crippen LogP) is 2.37. The Morgan fingerprint density at radius 2 is 2.00 bits per heavy atom. The molecule has 0 saturated carbocycles. The third-order valence-corrected chi connectivity index (χ3v) is 7.29. The summed E-state index contributed by atoms with van der Waals surface area (Å²) in [5.74, 6) is 0.0877. The van der Waals surface area contributed by atoms with Crippen LogP contribution < -0.4 is 10.6 Å². The summed E-state index contributed by atoms with van der Waals surface area (Å²) >= 11 is 1.55. The number of rotatable bonds is 4. The van der Waals surface area contributed by atoms with Crippen LogP contribution in [0.1, 0.15) is 60.1 Å². The van der Waals surface area contributed by atoms with Crippen LogP contribution in [0.2, 0.25) is 0 Å². The molecule has 1 saturated heterocycles. The summed E-state index contributed by atoms with van der Waals surface area (Å²) in [4.78, 5) is 40.5. The first kappa shape index (κ1) is 20.8. The van der Waals surface area contributed by atoms with Crippen molar-refractivity contribution in [2.24, 2.45) is 11.3 Å². The standard InChI is InChI=1S/C21H31N3O3S/c1-21(2,3)14-7-8-16-13(10-14)11-17(28-16)20(27)23-12-18(25)24-9-5-6-15(24)19(26)22-4/h11,14-15H,5-10,12H2,1-4H3,(H,22,26)(H,23,27). The Labute approximate surface area is 171 Å². The molecule has 0 spiro atoms. The lowest BCUT2D eigenvalue weighted by Crippen LogP contribution is -2.48. The van der Waals surface area contributed by atoms with E-state index >= 15 is 0 Å². The summed E-state index contributed by atoms with van der Waals surface area (Å²) in [6, 6.07) is 1.58. The third kappa shape index (κ3) is 4.40. The number of amides is 3. The van der Waals surface area contributed by atoms with Gasteiger partial charge in [0.25, 0.3) is 5.91 Å². The van der Waals surface area contributed by atoms with Crippen LogP contribution in [0.3, 0.4) is 0 Å². The highest BCUT2D eigenvalue weighted by Crippen LogP contribution is 2.40. The van der Waals surface area contributed by atoms with Crippen molar-refractivity contribution in [2.75, 3.05) is 20.1 Å². The lowest BCUT2D eigenvalue weighted by Gasteiger charge is -2.33. The SMILES string of the molecule is CNC(=O)C1CCCN1C(=O)CNC(=O)c1cc2c(s1)CCC(C(C)(C)C)C2. The van der Waals surface area contributed by atoms with Gasteiger partial charge in [0.15, 0.2) is 0 Å². The number of nitrogens with zero attached hydrogens (tertiary/aromatic N) is 1. The number of thiophene rings is 1. The Hall–Kier alpha value is -1.89. The first-order chi connectivity index (χ1) is 13.2. The quantitative estimate of drug-likeness (QED) is 0.807. The van der Waals surface area contributed by atoms with Crippen LogP contribution in [-0.2, 0) is 22.4 Å². The number of likely N-dealkylation sites (tertiary alicyclic amines) is 1. The average Bonchev–Trinajstić information content (AvgIpc) is 3.30. The second-order valence-corrected chi connectivity index (χ2v) is 10.0. The topological polar surface area (TPSA) is 78.5 Å². The van der Waals surface area contributed by atoms with Crippen LogP contribution in [0.4, 0.5) is 0 Å². The van der Waals surface area contributed by atoms with Crippen molar-refractivity contribution in [3.05, 3.63) is 21.4 Å². The molecule has 2 aliphatic rings. The molecule has 1 aromatic rings. The highest BCUT2D eigenvalue weighted by molar-refractivity contribution is 7.14. The normalized spacial score (nSPS) is 21.9. The van der Waals surface area contributed by atoms with Gasteiger partial charge >= 0.3 is 0 Å². The Balaban J connectivity index is 1.58. The van der Waals surface area contributed by atoms with Crippen molar-refractivity contribution in [3.63, 3.8) is 0 Å². The monoisotopic (exact) mass is 405 g/mol. The van der Waals surface area contributed by atoms with Crippen molar-refractivity contribution in [2.45, 2.75) is 58.9 Å². The lowest BCUT2D eigenvalue weighted by atomic mass is 9.72. The number of aryl methyl sites for hydroxylation is 1. The van der Waals surface area contributed by atoms with E-state index in [0.29, 0.717) is 23.8 Å². The molecule has 2 heterocycles. The maximum absolute atomic E-state index is 12.6. The Morgan fingerprint density at radius 3 is 2.68 bits per heavy atom. The van der Waals surface area contributed by atoms with Gasteiger partial charge in [0.2, 0.25) is 11.8 Å². The van der Waals surface area contributed by atoms with Crippen LogP contribution in [0.15, 0.2) is 6.07 Å². The molecule has 1 aliphatic carbocycles. The zero-order chi connectivity index (χ0) is 20.5. The molecule has 28 heavy (non-hydrogen) atoms. The number of fused-ring (bicyclic) bond motifs is 1. The van der Waals surface area contributed by atoms with E-state index in [0.717, 1.165) is 25.7 Å². The Morgan fingerprint density at radius 1 is 1.25 bits per heavy atom. The molecule has 0 bridgehead atoms. The minimum Gasteiger partial charge on any atom is -0.357 e. The van der Waals surface area contributed by atoms with E-state index in [1.54, 1.807) is 23.3 Å². The van der Waals surface area contributed by atoms with Gasteiger partial charge in [-0.2, -0.15) is 0 Å². The summed E-state index contributed by atoms with van der Waals surface area (Å²) in [6.45, 7) is 7.32. The number of likely N-dealkylation sites (N-methyl/N-ethyl adjacent to an activating group) is 1. The Kier molecular flexibility index (Phi) is 6.12. The minimum atomic E-state index is -0.419. The molecule has 0 aromatic carbocycles. The molecule has 6 nitrogen and oxygen atoms in total. The molecule has 2 unspecified atom stereocenters.